The molecule has 0 amide bonds. The van der Waals surface area contributed by atoms with Gasteiger partial charge in [-0.25, -0.2) is 4.39 Å². The molecule has 2 heterocycles. The fourth-order valence-corrected chi connectivity index (χ4v) is 3.16. The van der Waals surface area contributed by atoms with Gasteiger partial charge < -0.3 is 4.90 Å². The number of fused-ring (bicyclic) bond motifs is 1. The van der Waals surface area contributed by atoms with Gasteiger partial charge in [-0.2, -0.15) is 4.52 Å². The van der Waals surface area contributed by atoms with E-state index in [1.165, 1.54) is 17.7 Å². The van der Waals surface area contributed by atoms with Crippen LogP contribution in [0.2, 0.25) is 0 Å². The van der Waals surface area contributed by atoms with E-state index < -0.39 is 0 Å². The SMILES string of the molecule is CN(CCc1ccccc1)Cc1cc(-c2ccc(F)cc2)cn2nnnc12. The summed E-state index contributed by atoms with van der Waals surface area (Å²) in [5.74, 6) is -0.247. The summed E-state index contributed by atoms with van der Waals surface area (Å²) < 4.78 is 14.9. The first-order chi connectivity index (χ1) is 13.2. The number of pyridine rings is 1. The normalized spacial score (nSPS) is 11.4. The van der Waals surface area contributed by atoms with Crippen LogP contribution in [0.4, 0.5) is 4.39 Å². The van der Waals surface area contributed by atoms with Crippen LogP contribution in [0.1, 0.15) is 11.1 Å². The van der Waals surface area contributed by atoms with Gasteiger partial charge in [-0.3, -0.25) is 0 Å². The van der Waals surface area contributed by atoms with Gasteiger partial charge in [-0.1, -0.05) is 42.5 Å². The topological polar surface area (TPSA) is 46.3 Å². The molecule has 0 aliphatic carbocycles. The molecule has 5 nitrogen and oxygen atoms in total. The maximum absolute atomic E-state index is 13.2. The Hall–Kier alpha value is -3.12. The van der Waals surface area contributed by atoms with Gasteiger partial charge in [0.25, 0.3) is 0 Å². The van der Waals surface area contributed by atoms with Crippen LogP contribution in [0.15, 0.2) is 66.9 Å². The van der Waals surface area contributed by atoms with Crippen LogP contribution in [-0.4, -0.2) is 38.5 Å². The first kappa shape index (κ1) is 17.3. The van der Waals surface area contributed by atoms with E-state index in [4.69, 9.17) is 0 Å². The molecule has 0 radical (unpaired) electrons. The summed E-state index contributed by atoms with van der Waals surface area (Å²) in [5, 5.41) is 12.0. The molecule has 0 fully saturated rings. The lowest BCUT2D eigenvalue weighted by molar-refractivity contribution is 0.332. The van der Waals surface area contributed by atoms with Crippen LogP contribution in [0, 0.1) is 5.82 Å². The number of nitrogens with zero attached hydrogens (tertiary/aromatic N) is 5. The van der Waals surface area contributed by atoms with Crippen molar-refractivity contribution in [1.82, 2.24) is 24.9 Å². The van der Waals surface area contributed by atoms with Crippen LogP contribution in [0.3, 0.4) is 0 Å². The van der Waals surface area contributed by atoms with Crippen molar-refractivity contribution in [3.05, 3.63) is 83.8 Å². The van der Waals surface area contributed by atoms with Crippen molar-refractivity contribution in [3.8, 4) is 11.1 Å². The lowest BCUT2D eigenvalue weighted by Gasteiger charge is -2.17. The molecule has 2 aromatic carbocycles. The summed E-state index contributed by atoms with van der Waals surface area (Å²) in [6, 6.07) is 19.0. The van der Waals surface area contributed by atoms with Gasteiger partial charge >= 0.3 is 0 Å². The fourth-order valence-electron chi connectivity index (χ4n) is 3.16. The van der Waals surface area contributed by atoms with E-state index in [1.54, 1.807) is 16.6 Å². The van der Waals surface area contributed by atoms with Crippen molar-refractivity contribution in [1.29, 1.82) is 0 Å². The molecule has 0 N–H and O–H groups in total. The van der Waals surface area contributed by atoms with Gasteiger partial charge in [0.05, 0.1) is 0 Å². The third-order valence-corrected chi connectivity index (χ3v) is 4.61. The second-order valence-electron chi connectivity index (χ2n) is 6.68. The van der Waals surface area contributed by atoms with Gasteiger partial charge in [-0.05, 0) is 53.2 Å². The number of hydrogen-bond donors (Lipinski definition) is 0. The summed E-state index contributed by atoms with van der Waals surface area (Å²) in [7, 11) is 2.09. The van der Waals surface area contributed by atoms with Crippen LogP contribution in [0.5, 0.6) is 0 Å². The highest BCUT2D eigenvalue weighted by molar-refractivity contribution is 5.66. The molecule has 0 saturated carbocycles. The van der Waals surface area contributed by atoms with E-state index in [1.807, 2.05) is 12.3 Å². The molecule has 4 rings (SSSR count). The number of hydrogen-bond acceptors (Lipinski definition) is 4. The standard InChI is InChI=1S/C21H20FN5/c1-26(12-11-16-5-3-2-4-6-16)14-19-13-18(15-27-21(19)23-24-25-27)17-7-9-20(22)10-8-17/h2-10,13,15H,11-12,14H2,1H3. The average molecular weight is 361 g/mol. The van der Waals surface area contributed by atoms with Crippen molar-refractivity contribution in [2.75, 3.05) is 13.6 Å². The zero-order valence-corrected chi connectivity index (χ0v) is 15.1. The molecule has 27 heavy (non-hydrogen) atoms. The summed E-state index contributed by atoms with van der Waals surface area (Å²) in [4.78, 5) is 2.26. The van der Waals surface area contributed by atoms with E-state index in [0.29, 0.717) is 0 Å². The smallest absolute Gasteiger partial charge is 0.183 e. The second-order valence-corrected chi connectivity index (χ2v) is 6.68. The van der Waals surface area contributed by atoms with Gasteiger partial charge in [0.15, 0.2) is 5.65 Å². The van der Waals surface area contributed by atoms with Crippen molar-refractivity contribution in [2.24, 2.45) is 0 Å². The van der Waals surface area contributed by atoms with Gasteiger partial charge in [0, 0.05) is 30.4 Å². The van der Waals surface area contributed by atoms with Crippen molar-refractivity contribution < 1.29 is 4.39 Å². The Kier molecular flexibility index (Phi) is 4.89. The zero-order valence-electron chi connectivity index (χ0n) is 15.1. The molecule has 0 aliphatic rings. The van der Waals surface area contributed by atoms with Crippen LogP contribution >= 0.6 is 0 Å². The molecule has 0 spiro atoms. The minimum absolute atomic E-state index is 0.247. The minimum Gasteiger partial charge on any atom is -0.302 e. The van der Waals surface area contributed by atoms with Crippen LogP contribution in [0.25, 0.3) is 16.8 Å². The maximum Gasteiger partial charge on any atom is 0.183 e. The van der Waals surface area contributed by atoms with Crippen LogP contribution in [-0.2, 0) is 13.0 Å². The highest BCUT2D eigenvalue weighted by Gasteiger charge is 2.11. The maximum atomic E-state index is 13.2. The first-order valence-electron chi connectivity index (χ1n) is 8.88. The molecular weight excluding hydrogens is 341 g/mol. The van der Waals surface area contributed by atoms with E-state index in [2.05, 4.69) is 57.8 Å². The Morgan fingerprint density at radius 3 is 2.56 bits per heavy atom. The van der Waals surface area contributed by atoms with Gasteiger partial charge in [0.2, 0.25) is 0 Å². The lowest BCUT2D eigenvalue weighted by atomic mass is 10.1. The summed E-state index contributed by atoms with van der Waals surface area (Å²) in [5.41, 5.74) is 4.99. The quantitative estimate of drug-likeness (QED) is 0.526. The van der Waals surface area contributed by atoms with Crippen molar-refractivity contribution >= 4 is 5.65 Å². The Balaban J connectivity index is 1.56. The number of likely N-dealkylation sites (N-methyl/N-ethyl adjacent to an activating group) is 1. The molecule has 0 atom stereocenters. The Morgan fingerprint density at radius 1 is 1.00 bits per heavy atom. The summed E-state index contributed by atoms with van der Waals surface area (Å²) >= 11 is 0. The van der Waals surface area contributed by atoms with E-state index in [0.717, 1.165) is 41.8 Å². The molecule has 0 saturated heterocycles. The zero-order chi connectivity index (χ0) is 18.6. The largest absolute Gasteiger partial charge is 0.302 e. The molecule has 0 aliphatic heterocycles. The van der Waals surface area contributed by atoms with Gasteiger partial charge in [0.1, 0.15) is 5.82 Å². The number of rotatable bonds is 6. The average Bonchev–Trinajstić information content (AvgIpc) is 3.17. The summed E-state index contributed by atoms with van der Waals surface area (Å²) in [6.07, 6.45) is 2.85. The second kappa shape index (κ2) is 7.63. The monoisotopic (exact) mass is 361 g/mol. The molecule has 6 heteroatoms. The number of halogens is 1. The molecular formula is C21H20FN5. The third-order valence-electron chi connectivity index (χ3n) is 4.61. The summed E-state index contributed by atoms with van der Waals surface area (Å²) in [6.45, 7) is 1.66. The number of tetrazole rings is 1. The van der Waals surface area contributed by atoms with E-state index >= 15 is 0 Å². The molecule has 0 unspecified atom stereocenters. The molecule has 136 valence electrons. The highest BCUT2D eigenvalue weighted by atomic mass is 19.1. The lowest BCUT2D eigenvalue weighted by Crippen LogP contribution is -2.21. The predicted molar refractivity (Wildman–Crippen MR) is 103 cm³/mol. The van der Waals surface area contributed by atoms with Crippen molar-refractivity contribution in [2.45, 2.75) is 13.0 Å². The van der Waals surface area contributed by atoms with Gasteiger partial charge in [-0.15, -0.1) is 5.10 Å². The van der Waals surface area contributed by atoms with Crippen LogP contribution < -0.4 is 0 Å². The van der Waals surface area contributed by atoms with E-state index in [9.17, 15) is 4.39 Å². The molecule has 2 aromatic heterocycles. The Morgan fingerprint density at radius 2 is 1.78 bits per heavy atom. The minimum atomic E-state index is -0.247. The first-order valence-corrected chi connectivity index (χ1v) is 8.88. The fraction of sp³-hybridized carbons (Fsp3) is 0.190. The predicted octanol–water partition coefficient (Wildman–Crippen LogP) is 3.60. The Labute approximate surface area is 157 Å². The third kappa shape index (κ3) is 4.01. The molecule has 0 bridgehead atoms. The van der Waals surface area contributed by atoms with Crippen molar-refractivity contribution in [3.63, 3.8) is 0 Å². The molecule has 4 aromatic rings. The highest BCUT2D eigenvalue weighted by Crippen LogP contribution is 2.23. The Bertz CT molecular complexity index is 1030. The number of benzene rings is 2. The number of aromatic nitrogens is 4. The van der Waals surface area contributed by atoms with E-state index in [-0.39, 0.29) is 5.82 Å².